The normalized spacial score (nSPS) is 21.6. The third kappa shape index (κ3) is 2.94. The lowest BCUT2D eigenvalue weighted by Gasteiger charge is -2.28. The van der Waals surface area contributed by atoms with Gasteiger partial charge in [-0.3, -0.25) is 0 Å². The van der Waals surface area contributed by atoms with Gasteiger partial charge in [-0.1, -0.05) is 20.3 Å². The van der Waals surface area contributed by atoms with Crippen molar-refractivity contribution in [2.45, 2.75) is 39.2 Å². The van der Waals surface area contributed by atoms with Crippen LogP contribution in [0.1, 0.15) is 33.1 Å². The van der Waals surface area contributed by atoms with Gasteiger partial charge in [0, 0.05) is 17.4 Å². The molecule has 1 fully saturated rings. The maximum absolute atomic E-state index is 10.7. The molecule has 0 aliphatic heterocycles. The number of amides is 2. The van der Waals surface area contributed by atoms with Crippen molar-refractivity contribution in [3.05, 3.63) is 24.3 Å². The van der Waals surface area contributed by atoms with Crippen LogP contribution in [0.15, 0.2) is 24.3 Å². The second-order valence-corrected chi connectivity index (χ2v) is 5.64. The molecule has 18 heavy (non-hydrogen) atoms. The lowest BCUT2D eigenvalue weighted by Crippen LogP contribution is -2.30. The molecule has 1 aliphatic rings. The minimum Gasteiger partial charge on any atom is -0.382 e. The first-order chi connectivity index (χ1) is 8.47. The Hall–Kier alpha value is -1.71. The number of primary amides is 1. The molecule has 1 aromatic carbocycles. The molecular formula is C14H21N3O. The van der Waals surface area contributed by atoms with Crippen LogP contribution in [0, 0.1) is 5.41 Å². The van der Waals surface area contributed by atoms with Gasteiger partial charge < -0.3 is 16.4 Å². The predicted molar refractivity (Wildman–Crippen MR) is 74.7 cm³/mol. The van der Waals surface area contributed by atoms with E-state index in [1.807, 2.05) is 24.3 Å². The number of hydrogen-bond donors (Lipinski definition) is 3. The molecule has 1 unspecified atom stereocenters. The largest absolute Gasteiger partial charge is 0.382 e. The zero-order valence-electron chi connectivity index (χ0n) is 11.0. The Morgan fingerprint density at radius 1 is 1.28 bits per heavy atom. The van der Waals surface area contributed by atoms with Gasteiger partial charge >= 0.3 is 6.03 Å². The van der Waals surface area contributed by atoms with Gasteiger partial charge in [0.05, 0.1) is 0 Å². The van der Waals surface area contributed by atoms with Gasteiger partial charge in [-0.15, -0.1) is 0 Å². The molecule has 0 aromatic heterocycles. The lowest BCUT2D eigenvalue weighted by atomic mass is 9.87. The summed E-state index contributed by atoms with van der Waals surface area (Å²) < 4.78 is 0. The van der Waals surface area contributed by atoms with Crippen LogP contribution in [0.3, 0.4) is 0 Å². The van der Waals surface area contributed by atoms with Crippen molar-refractivity contribution in [1.29, 1.82) is 0 Å². The second kappa shape index (κ2) is 4.88. The smallest absolute Gasteiger partial charge is 0.316 e. The summed E-state index contributed by atoms with van der Waals surface area (Å²) in [5, 5.41) is 6.12. The van der Waals surface area contributed by atoms with Gasteiger partial charge in [-0.05, 0) is 42.5 Å². The van der Waals surface area contributed by atoms with Crippen molar-refractivity contribution in [2.75, 3.05) is 10.6 Å². The molecule has 0 saturated heterocycles. The third-order valence-corrected chi connectivity index (χ3v) is 3.75. The fourth-order valence-corrected chi connectivity index (χ4v) is 2.59. The van der Waals surface area contributed by atoms with Crippen molar-refractivity contribution in [1.82, 2.24) is 0 Å². The highest BCUT2D eigenvalue weighted by Crippen LogP contribution is 2.39. The summed E-state index contributed by atoms with van der Waals surface area (Å²) in [6.07, 6.45) is 3.77. The first-order valence-corrected chi connectivity index (χ1v) is 6.40. The molecule has 0 heterocycles. The van der Waals surface area contributed by atoms with Gasteiger partial charge in [-0.25, -0.2) is 4.79 Å². The number of benzene rings is 1. The first-order valence-electron chi connectivity index (χ1n) is 6.40. The van der Waals surface area contributed by atoms with E-state index in [1.165, 1.54) is 19.3 Å². The maximum Gasteiger partial charge on any atom is 0.316 e. The minimum absolute atomic E-state index is 0.351. The van der Waals surface area contributed by atoms with E-state index in [0.717, 1.165) is 11.4 Å². The number of carbonyl (C=O) groups is 1. The number of anilines is 2. The van der Waals surface area contributed by atoms with E-state index in [2.05, 4.69) is 24.5 Å². The van der Waals surface area contributed by atoms with Crippen LogP contribution < -0.4 is 16.4 Å². The molecule has 98 valence electrons. The number of nitrogens with two attached hydrogens (primary N) is 1. The van der Waals surface area contributed by atoms with E-state index < -0.39 is 6.03 Å². The van der Waals surface area contributed by atoms with E-state index >= 15 is 0 Å². The molecule has 2 rings (SSSR count). The van der Waals surface area contributed by atoms with Gasteiger partial charge in [0.2, 0.25) is 0 Å². The minimum atomic E-state index is -0.535. The third-order valence-electron chi connectivity index (χ3n) is 3.75. The van der Waals surface area contributed by atoms with Gasteiger partial charge in [0.25, 0.3) is 0 Å². The number of hydrogen-bond acceptors (Lipinski definition) is 2. The molecule has 0 spiro atoms. The Morgan fingerprint density at radius 2 is 1.89 bits per heavy atom. The second-order valence-electron chi connectivity index (χ2n) is 5.64. The number of nitrogens with one attached hydrogen (secondary N) is 2. The Kier molecular flexibility index (Phi) is 3.45. The Balaban J connectivity index is 2.00. The van der Waals surface area contributed by atoms with Crippen LogP contribution in [-0.4, -0.2) is 12.1 Å². The standard InChI is InChI=1S/C14H21N3O/c1-14(2)9-3-4-12(14)16-10-5-7-11(8-6-10)17-13(15)18/h5-8,12,16H,3-4,9H2,1-2H3,(H3,15,17,18). The van der Waals surface area contributed by atoms with E-state index in [4.69, 9.17) is 5.73 Å². The molecule has 1 saturated carbocycles. The van der Waals surface area contributed by atoms with Crippen LogP contribution in [0.4, 0.5) is 16.2 Å². The average molecular weight is 247 g/mol. The highest BCUT2D eigenvalue weighted by molar-refractivity contribution is 5.87. The Bertz CT molecular complexity index is 425. The predicted octanol–water partition coefficient (Wildman–Crippen LogP) is 3.17. The van der Waals surface area contributed by atoms with Crippen LogP contribution in [-0.2, 0) is 0 Å². The zero-order valence-corrected chi connectivity index (χ0v) is 11.0. The maximum atomic E-state index is 10.7. The van der Waals surface area contributed by atoms with Gasteiger partial charge in [-0.2, -0.15) is 0 Å². The summed E-state index contributed by atoms with van der Waals surface area (Å²) >= 11 is 0. The molecule has 1 aromatic rings. The SMILES string of the molecule is CC1(C)CCCC1Nc1ccc(NC(N)=O)cc1. The van der Waals surface area contributed by atoms with Crippen LogP contribution in [0.25, 0.3) is 0 Å². The number of carbonyl (C=O) groups excluding carboxylic acids is 1. The first kappa shape index (κ1) is 12.7. The van der Waals surface area contributed by atoms with Crippen LogP contribution in [0.2, 0.25) is 0 Å². The molecule has 4 nitrogen and oxygen atoms in total. The quantitative estimate of drug-likeness (QED) is 0.768. The summed E-state index contributed by atoms with van der Waals surface area (Å²) in [7, 11) is 0. The Morgan fingerprint density at radius 3 is 2.39 bits per heavy atom. The highest BCUT2D eigenvalue weighted by atomic mass is 16.2. The summed E-state index contributed by atoms with van der Waals surface area (Å²) in [5.74, 6) is 0. The molecule has 4 N–H and O–H groups in total. The topological polar surface area (TPSA) is 67.2 Å². The number of urea groups is 1. The molecule has 0 radical (unpaired) electrons. The zero-order chi connectivity index (χ0) is 13.2. The fourth-order valence-electron chi connectivity index (χ4n) is 2.59. The summed E-state index contributed by atoms with van der Waals surface area (Å²) in [6.45, 7) is 4.61. The summed E-state index contributed by atoms with van der Waals surface area (Å²) in [5.41, 5.74) is 7.22. The Labute approximate surface area is 108 Å². The fraction of sp³-hybridized carbons (Fsp3) is 0.500. The molecule has 1 atom stereocenters. The van der Waals surface area contributed by atoms with E-state index in [0.29, 0.717) is 11.5 Å². The van der Waals surface area contributed by atoms with Crippen molar-refractivity contribution in [3.8, 4) is 0 Å². The van der Waals surface area contributed by atoms with Crippen LogP contribution in [0.5, 0.6) is 0 Å². The lowest BCUT2D eigenvalue weighted by molar-refractivity contribution is 0.259. The number of rotatable bonds is 3. The van der Waals surface area contributed by atoms with E-state index in [9.17, 15) is 4.79 Å². The average Bonchev–Trinajstić information content (AvgIpc) is 2.60. The van der Waals surface area contributed by atoms with Gasteiger partial charge in [0.15, 0.2) is 0 Å². The van der Waals surface area contributed by atoms with Crippen LogP contribution >= 0.6 is 0 Å². The summed E-state index contributed by atoms with van der Waals surface area (Å²) in [4.78, 5) is 10.7. The van der Waals surface area contributed by atoms with E-state index in [-0.39, 0.29) is 0 Å². The van der Waals surface area contributed by atoms with Crippen molar-refractivity contribution in [3.63, 3.8) is 0 Å². The van der Waals surface area contributed by atoms with Crippen molar-refractivity contribution < 1.29 is 4.79 Å². The molecule has 1 aliphatic carbocycles. The monoisotopic (exact) mass is 247 g/mol. The molecule has 0 bridgehead atoms. The van der Waals surface area contributed by atoms with E-state index in [1.54, 1.807) is 0 Å². The summed E-state index contributed by atoms with van der Waals surface area (Å²) in [6, 6.07) is 7.64. The van der Waals surface area contributed by atoms with Crippen molar-refractivity contribution in [2.24, 2.45) is 11.1 Å². The molecular weight excluding hydrogens is 226 g/mol. The van der Waals surface area contributed by atoms with Gasteiger partial charge in [0.1, 0.15) is 0 Å². The van der Waals surface area contributed by atoms with Crippen molar-refractivity contribution >= 4 is 17.4 Å². The highest BCUT2D eigenvalue weighted by Gasteiger charge is 2.34. The molecule has 4 heteroatoms. The molecule has 2 amide bonds.